The van der Waals surface area contributed by atoms with Crippen molar-refractivity contribution in [3.8, 4) is 33.6 Å². The molecule has 5 aromatic rings. The lowest BCUT2D eigenvalue weighted by molar-refractivity contribution is 0.0970. The van der Waals surface area contributed by atoms with Crippen LogP contribution < -0.4 is 0 Å². The van der Waals surface area contributed by atoms with E-state index in [0.29, 0.717) is 18.8 Å². The van der Waals surface area contributed by atoms with Gasteiger partial charge in [-0.1, -0.05) is 93.3 Å². The molecule has 208 valence electrons. The van der Waals surface area contributed by atoms with Crippen LogP contribution in [0, 0.1) is 5.92 Å². The second kappa shape index (κ2) is 12.4. The minimum absolute atomic E-state index is 0.208. The number of imidazole rings is 1. The number of nitrogens with zero attached hydrogens (tertiary/aromatic N) is 5. The third-order valence-electron chi connectivity index (χ3n) is 8.01. The molecule has 0 atom stereocenters. The molecule has 3 aromatic carbocycles. The Balaban J connectivity index is 1.28. The average molecular weight is 545 g/mol. The van der Waals surface area contributed by atoms with Crippen LogP contribution in [0.25, 0.3) is 33.6 Å². The van der Waals surface area contributed by atoms with Gasteiger partial charge in [0.05, 0.1) is 6.20 Å². The van der Waals surface area contributed by atoms with Crippen molar-refractivity contribution in [2.45, 2.75) is 64.8 Å². The SMILES string of the molecule is CCCCc1ncc(C(=O)CCCC2CC2)n1Cc1ccc(-c2cc(-c3ccccc3)ccc2-c2nn[nH]n2)cc1. The zero-order valence-corrected chi connectivity index (χ0v) is 23.6. The van der Waals surface area contributed by atoms with Crippen LogP contribution in [-0.4, -0.2) is 36.0 Å². The Hall–Kier alpha value is -4.39. The number of benzene rings is 3. The molecule has 0 spiro atoms. The molecule has 0 amide bonds. The highest BCUT2D eigenvalue weighted by Crippen LogP contribution is 2.35. The van der Waals surface area contributed by atoms with Gasteiger partial charge in [-0.3, -0.25) is 4.79 Å². The molecule has 1 aliphatic carbocycles. The van der Waals surface area contributed by atoms with E-state index in [-0.39, 0.29) is 5.78 Å². The number of hydrogen-bond acceptors (Lipinski definition) is 5. The fourth-order valence-corrected chi connectivity index (χ4v) is 5.47. The smallest absolute Gasteiger partial charge is 0.205 e. The predicted molar refractivity (Wildman–Crippen MR) is 161 cm³/mol. The van der Waals surface area contributed by atoms with Crippen LogP contribution in [0.4, 0.5) is 0 Å². The maximum absolute atomic E-state index is 13.2. The summed E-state index contributed by atoms with van der Waals surface area (Å²) in [6.45, 7) is 2.82. The number of nitrogens with one attached hydrogen (secondary N) is 1. The number of tetrazole rings is 1. The molecule has 1 saturated carbocycles. The minimum atomic E-state index is 0.208. The van der Waals surface area contributed by atoms with Crippen molar-refractivity contribution >= 4 is 5.78 Å². The lowest BCUT2D eigenvalue weighted by Crippen LogP contribution is -2.13. The van der Waals surface area contributed by atoms with E-state index >= 15 is 0 Å². The number of aryl methyl sites for hydroxylation is 1. The van der Waals surface area contributed by atoms with Gasteiger partial charge in [0, 0.05) is 24.9 Å². The molecule has 0 unspecified atom stereocenters. The first kappa shape index (κ1) is 26.8. The van der Waals surface area contributed by atoms with E-state index in [9.17, 15) is 4.79 Å². The summed E-state index contributed by atoms with van der Waals surface area (Å²) in [5.41, 5.74) is 7.18. The van der Waals surface area contributed by atoms with Crippen molar-refractivity contribution in [3.05, 3.63) is 96.1 Å². The van der Waals surface area contributed by atoms with Crippen LogP contribution >= 0.6 is 0 Å². The van der Waals surface area contributed by atoms with E-state index < -0.39 is 0 Å². The van der Waals surface area contributed by atoms with Gasteiger partial charge >= 0.3 is 0 Å². The normalized spacial score (nSPS) is 13.0. The largest absolute Gasteiger partial charge is 0.321 e. The molecule has 1 fully saturated rings. The summed E-state index contributed by atoms with van der Waals surface area (Å²) < 4.78 is 2.14. The molecule has 1 aliphatic rings. The zero-order valence-electron chi connectivity index (χ0n) is 23.6. The highest BCUT2D eigenvalue weighted by molar-refractivity contribution is 5.94. The minimum Gasteiger partial charge on any atom is -0.321 e. The predicted octanol–water partition coefficient (Wildman–Crippen LogP) is 7.55. The molecule has 2 aromatic heterocycles. The number of carbonyl (C=O) groups is 1. The third kappa shape index (κ3) is 6.35. The Morgan fingerprint density at radius 2 is 1.73 bits per heavy atom. The van der Waals surface area contributed by atoms with Gasteiger partial charge in [0.1, 0.15) is 11.5 Å². The summed E-state index contributed by atoms with van der Waals surface area (Å²) in [4.78, 5) is 17.9. The second-order valence-corrected chi connectivity index (χ2v) is 11.1. The molecule has 0 aliphatic heterocycles. The van der Waals surface area contributed by atoms with Crippen LogP contribution in [0.3, 0.4) is 0 Å². The Morgan fingerprint density at radius 3 is 2.46 bits per heavy atom. The van der Waals surface area contributed by atoms with E-state index in [1.807, 2.05) is 18.2 Å². The van der Waals surface area contributed by atoms with Crippen molar-refractivity contribution in [1.29, 1.82) is 0 Å². The third-order valence-corrected chi connectivity index (χ3v) is 8.01. The van der Waals surface area contributed by atoms with E-state index in [1.54, 1.807) is 6.20 Å². The van der Waals surface area contributed by atoms with Gasteiger partial charge in [-0.25, -0.2) is 4.98 Å². The zero-order chi connectivity index (χ0) is 28.0. The van der Waals surface area contributed by atoms with Crippen LogP contribution in [-0.2, 0) is 13.0 Å². The molecule has 7 nitrogen and oxygen atoms in total. The topological polar surface area (TPSA) is 89.4 Å². The number of rotatable bonds is 13. The van der Waals surface area contributed by atoms with E-state index in [1.165, 1.54) is 19.3 Å². The number of unbranched alkanes of at least 4 members (excludes halogenated alkanes) is 1. The van der Waals surface area contributed by atoms with Gasteiger partial charge in [-0.15, -0.1) is 10.2 Å². The molecule has 0 radical (unpaired) electrons. The van der Waals surface area contributed by atoms with Crippen LogP contribution in [0.5, 0.6) is 0 Å². The molecular weight excluding hydrogens is 508 g/mol. The monoisotopic (exact) mass is 544 g/mol. The van der Waals surface area contributed by atoms with Gasteiger partial charge in [0.25, 0.3) is 0 Å². The van der Waals surface area contributed by atoms with Gasteiger partial charge in [0.2, 0.25) is 5.82 Å². The number of aromatic nitrogens is 6. The standard InChI is InChI=1S/C34H36N6O/c1-2-3-12-33-35-22-31(32(41)11-7-8-24-13-14-24)40(33)23-25-15-17-27(18-16-25)30-21-28(26-9-5-4-6-10-26)19-20-29(30)34-36-38-39-37-34/h4-6,9-10,15-22,24H,2-3,7-8,11-14,23H2,1H3,(H,36,37,38,39). The first-order valence-electron chi connectivity index (χ1n) is 14.8. The fourth-order valence-electron chi connectivity index (χ4n) is 5.47. The van der Waals surface area contributed by atoms with E-state index in [0.717, 1.165) is 76.5 Å². The Labute approximate surface area is 241 Å². The van der Waals surface area contributed by atoms with Crippen molar-refractivity contribution in [3.63, 3.8) is 0 Å². The number of hydrogen-bond donors (Lipinski definition) is 1. The van der Waals surface area contributed by atoms with E-state index in [4.69, 9.17) is 0 Å². The van der Waals surface area contributed by atoms with Gasteiger partial charge in [-0.2, -0.15) is 5.21 Å². The number of carbonyl (C=O) groups excluding carboxylic acids is 1. The Kier molecular flexibility index (Phi) is 8.12. The summed E-state index contributed by atoms with van der Waals surface area (Å²) in [6.07, 6.45) is 10.2. The first-order valence-corrected chi connectivity index (χ1v) is 14.8. The first-order chi connectivity index (χ1) is 20.2. The average Bonchev–Trinajstić information content (AvgIpc) is 3.50. The molecule has 41 heavy (non-hydrogen) atoms. The highest BCUT2D eigenvalue weighted by Gasteiger charge is 2.22. The summed E-state index contributed by atoms with van der Waals surface area (Å²) in [5.74, 6) is 2.62. The molecule has 6 rings (SSSR count). The number of H-pyrrole nitrogens is 1. The maximum Gasteiger partial charge on any atom is 0.205 e. The maximum atomic E-state index is 13.2. The van der Waals surface area contributed by atoms with Crippen molar-refractivity contribution in [2.75, 3.05) is 0 Å². The van der Waals surface area contributed by atoms with Gasteiger partial charge in [0.15, 0.2) is 5.78 Å². The molecule has 1 N–H and O–H groups in total. The number of Topliss-reactive ketones (excluding diaryl/α,β-unsaturated/α-hetero) is 1. The lowest BCUT2D eigenvalue weighted by atomic mass is 9.93. The molecule has 2 heterocycles. The van der Waals surface area contributed by atoms with Crippen LogP contribution in [0.15, 0.2) is 79.0 Å². The quantitative estimate of drug-likeness (QED) is 0.155. The fraction of sp³-hybridized carbons (Fsp3) is 0.324. The lowest BCUT2D eigenvalue weighted by Gasteiger charge is -2.14. The van der Waals surface area contributed by atoms with Crippen LogP contribution in [0.2, 0.25) is 0 Å². The highest BCUT2D eigenvalue weighted by atomic mass is 16.1. The number of aromatic amines is 1. The van der Waals surface area contributed by atoms with Gasteiger partial charge in [-0.05, 0) is 63.9 Å². The second-order valence-electron chi connectivity index (χ2n) is 11.1. The summed E-state index contributed by atoms with van der Waals surface area (Å²) in [5, 5.41) is 14.9. The summed E-state index contributed by atoms with van der Waals surface area (Å²) in [7, 11) is 0. The van der Waals surface area contributed by atoms with Gasteiger partial charge < -0.3 is 4.57 Å². The number of ketones is 1. The summed E-state index contributed by atoms with van der Waals surface area (Å²) in [6, 6.07) is 25.3. The Bertz CT molecular complexity index is 1580. The van der Waals surface area contributed by atoms with Crippen LogP contribution in [0.1, 0.15) is 73.7 Å². The molecular formula is C34H36N6O. The Morgan fingerprint density at radius 1 is 0.927 bits per heavy atom. The van der Waals surface area contributed by atoms with E-state index in [2.05, 4.69) is 91.7 Å². The molecule has 0 saturated heterocycles. The molecule has 0 bridgehead atoms. The van der Waals surface area contributed by atoms with Crippen molar-refractivity contribution < 1.29 is 4.79 Å². The van der Waals surface area contributed by atoms with Crippen molar-refractivity contribution in [2.24, 2.45) is 5.92 Å². The summed E-state index contributed by atoms with van der Waals surface area (Å²) >= 11 is 0. The van der Waals surface area contributed by atoms with Crippen molar-refractivity contribution in [1.82, 2.24) is 30.2 Å². The molecule has 7 heteroatoms.